The molecule has 4 aliphatic rings. The molecule has 0 saturated carbocycles. The van der Waals surface area contributed by atoms with Crippen LogP contribution in [0.4, 0.5) is 0 Å². The van der Waals surface area contributed by atoms with Crippen molar-refractivity contribution in [1.29, 1.82) is 0 Å². The van der Waals surface area contributed by atoms with Gasteiger partial charge in [-0.15, -0.1) is 0 Å². The van der Waals surface area contributed by atoms with Gasteiger partial charge in [0.25, 0.3) is 0 Å². The summed E-state index contributed by atoms with van der Waals surface area (Å²) in [6.45, 7) is 10.0. The molecule has 1 spiro atoms. The molecule has 3 aliphatic heterocycles. The third-order valence-corrected chi connectivity index (χ3v) is 7.41. The minimum absolute atomic E-state index is 0.00154. The molecule has 1 N–H and O–H groups in total. The third kappa shape index (κ3) is 3.29. The molecular weight excluding hydrogens is 384 g/mol. The molecule has 0 aromatic rings. The number of aliphatic hydroxyl groups excluding tert-OH is 1. The van der Waals surface area contributed by atoms with Crippen LogP contribution in [0.3, 0.4) is 0 Å². The van der Waals surface area contributed by atoms with Crippen molar-refractivity contribution >= 4 is 11.9 Å². The standard InChI is InChI=1S/C24H32O6/c1-15-7-10-21(2,3)8-6-9-22(4)16(11-17(15)25)13-24-18(28-22)12-19(26)29-23(24,5)14-20(27)30-24/h6-8,12,16-17,25H,9-11,13-14H2,1-5H3. The van der Waals surface area contributed by atoms with Crippen molar-refractivity contribution in [3.63, 3.8) is 0 Å². The number of hydrogen-bond donors (Lipinski definition) is 1. The zero-order valence-electron chi connectivity index (χ0n) is 18.5. The van der Waals surface area contributed by atoms with Crippen molar-refractivity contribution in [3.8, 4) is 0 Å². The van der Waals surface area contributed by atoms with E-state index < -0.39 is 34.8 Å². The average Bonchev–Trinajstić information content (AvgIpc) is 2.86. The molecule has 5 atom stereocenters. The molecular formula is C24H32O6. The molecule has 30 heavy (non-hydrogen) atoms. The van der Waals surface area contributed by atoms with Gasteiger partial charge in [-0.3, -0.25) is 4.79 Å². The second kappa shape index (κ2) is 6.71. The molecule has 5 unspecified atom stereocenters. The summed E-state index contributed by atoms with van der Waals surface area (Å²) >= 11 is 0. The summed E-state index contributed by atoms with van der Waals surface area (Å²) in [6.07, 6.45) is 9.50. The van der Waals surface area contributed by atoms with E-state index in [1.807, 2.05) is 13.8 Å². The number of esters is 2. The van der Waals surface area contributed by atoms with Gasteiger partial charge in [-0.1, -0.05) is 32.1 Å². The Labute approximate surface area is 177 Å². The molecule has 6 heteroatoms. The summed E-state index contributed by atoms with van der Waals surface area (Å²) in [5.41, 5.74) is -2.00. The van der Waals surface area contributed by atoms with E-state index in [0.29, 0.717) is 25.0 Å². The molecule has 0 aromatic carbocycles. The van der Waals surface area contributed by atoms with Gasteiger partial charge in [0.1, 0.15) is 5.60 Å². The second-order valence-electron chi connectivity index (χ2n) is 10.5. The summed E-state index contributed by atoms with van der Waals surface area (Å²) in [5.74, 6) is -0.660. The van der Waals surface area contributed by atoms with Gasteiger partial charge in [-0.2, -0.15) is 0 Å². The van der Waals surface area contributed by atoms with Gasteiger partial charge in [0.05, 0.1) is 18.6 Å². The van der Waals surface area contributed by atoms with Crippen LogP contribution in [0.5, 0.6) is 0 Å². The smallest absolute Gasteiger partial charge is 0.335 e. The van der Waals surface area contributed by atoms with Gasteiger partial charge in [0, 0.05) is 18.8 Å². The van der Waals surface area contributed by atoms with Gasteiger partial charge in [-0.25, -0.2) is 4.79 Å². The number of carbonyl (C=O) groups excluding carboxylic acids is 2. The van der Waals surface area contributed by atoms with Gasteiger partial charge in [-0.05, 0) is 44.6 Å². The number of rotatable bonds is 0. The van der Waals surface area contributed by atoms with Crippen molar-refractivity contribution in [2.24, 2.45) is 11.3 Å². The number of allylic oxidation sites excluding steroid dienone is 2. The Kier molecular flexibility index (Phi) is 4.73. The number of fused-ring (bicyclic) bond motifs is 1. The molecule has 3 heterocycles. The molecule has 6 nitrogen and oxygen atoms in total. The Bertz CT molecular complexity index is 867. The lowest BCUT2D eigenvalue weighted by Crippen LogP contribution is -2.63. The van der Waals surface area contributed by atoms with E-state index in [4.69, 9.17) is 14.2 Å². The maximum absolute atomic E-state index is 12.3. The van der Waals surface area contributed by atoms with Crippen LogP contribution in [-0.4, -0.2) is 40.0 Å². The number of ether oxygens (including phenoxy) is 3. The molecule has 2 saturated heterocycles. The van der Waals surface area contributed by atoms with E-state index in [-0.39, 0.29) is 17.8 Å². The largest absolute Gasteiger partial charge is 0.487 e. The first kappa shape index (κ1) is 21.2. The fraction of sp³-hybridized carbons (Fsp3) is 0.667. The van der Waals surface area contributed by atoms with Crippen molar-refractivity contribution < 1.29 is 28.9 Å². The summed E-state index contributed by atoms with van der Waals surface area (Å²) in [5, 5.41) is 11.0. The van der Waals surface area contributed by atoms with Crippen molar-refractivity contribution in [2.75, 3.05) is 0 Å². The highest BCUT2D eigenvalue weighted by Gasteiger charge is 2.70. The zero-order valence-corrected chi connectivity index (χ0v) is 18.5. The molecule has 0 radical (unpaired) electrons. The highest BCUT2D eigenvalue weighted by Crippen LogP contribution is 2.57. The summed E-state index contributed by atoms with van der Waals surface area (Å²) in [6, 6.07) is 0. The fourth-order valence-electron chi connectivity index (χ4n) is 5.26. The van der Waals surface area contributed by atoms with E-state index in [9.17, 15) is 14.7 Å². The lowest BCUT2D eigenvalue weighted by Gasteiger charge is -2.54. The molecule has 4 rings (SSSR count). The SMILES string of the molecule is CC1=CCC(C)(C)C=CCC2(C)OC3=CC(=O)OC4(C)CC(=O)OC34CC2CC1O. The molecule has 1 aliphatic carbocycles. The highest BCUT2D eigenvalue weighted by atomic mass is 16.6. The van der Waals surface area contributed by atoms with Crippen LogP contribution in [0.2, 0.25) is 0 Å². The van der Waals surface area contributed by atoms with Crippen molar-refractivity contribution in [2.45, 2.75) is 89.6 Å². The van der Waals surface area contributed by atoms with E-state index >= 15 is 0 Å². The first-order chi connectivity index (χ1) is 13.9. The minimum Gasteiger partial charge on any atom is -0.487 e. The second-order valence-corrected chi connectivity index (χ2v) is 10.5. The Balaban J connectivity index is 1.78. The summed E-state index contributed by atoms with van der Waals surface area (Å²) < 4.78 is 17.9. The van der Waals surface area contributed by atoms with E-state index in [1.165, 1.54) is 6.08 Å². The van der Waals surface area contributed by atoms with E-state index in [0.717, 1.165) is 12.0 Å². The predicted octanol–water partition coefficient (Wildman–Crippen LogP) is 3.74. The lowest BCUT2D eigenvalue weighted by molar-refractivity contribution is -0.221. The van der Waals surface area contributed by atoms with Gasteiger partial charge in [0.2, 0.25) is 5.60 Å². The quantitative estimate of drug-likeness (QED) is 0.479. The van der Waals surface area contributed by atoms with E-state index in [2.05, 4.69) is 32.1 Å². The van der Waals surface area contributed by atoms with Gasteiger partial charge >= 0.3 is 11.9 Å². The average molecular weight is 417 g/mol. The van der Waals surface area contributed by atoms with E-state index in [1.54, 1.807) is 6.92 Å². The van der Waals surface area contributed by atoms with Crippen LogP contribution in [-0.2, 0) is 23.8 Å². The monoisotopic (exact) mass is 416 g/mol. The topological polar surface area (TPSA) is 82.1 Å². The number of hydrogen-bond acceptors (Lipinski definition) is 6. The Morgan fingerprint density at radius 2 is 1.80 bits per heavy atom. The maximum Gasteiger partial charge on any atom is 0.335 e. The molecule has 0 bridgehead atoms. The zero-order chi connectivity index (χ0) is 21.9. The molecule has 164 valence electrons. The molecule has 0 aromatic heterocycles. The lowest BCUT2D eigenvalue weighted by atomic mass is 9.66. The van der Waals surface area contributed by atoms with Crippen LogP contribution in [0.15, 0.2) is 35.6 Å². The van der Waals surface area contributed by atoms with Crippen molar-refractivity contribution in [1.82, 2.24) is 0 Å². The molecule has 2 fully saturated rings. The predicted molar refractivity (Wildman–Crippen MR) is 110 cm³/mol. The number of carbonyl (C=O) groups is 2. The van der Waals surface area contributed by atoms with Crippen LogP contribution in [0.25, 0.3) is 0 Å². The Hall–Kier alpha value is -2.08. The first-order valence-electron chi connectivity index (χ1n) is 10.8. The summed E-state index contributed by atoms with van der Waals surface area (Å²) in [7, 11) is 0. The normalized spacial score (nSPS) is 42.9. The summed E-state index contributed by atoms with van der Waals surface area (Å²) in [4.78, 5) is 24.6. The third-order valence-electron chi connectivity index (χ3n) is 7.41. The van der Waals surface area contributed by atoms with Gasteiger partial charge in [0.15, 0.2) is 11.4 Å². The van der Waals surface area contributed by atoms with Gasteiger partial charge < -0.3 is 19.3 Å². The van der Waals surface area contributed by atoms with Crippen LogP contribution < -0.4 is 0 Å². The Morgan fingerprint density at radius 1 is 1.07 bits per heavy atom. The van der Waals surface area contributed by atoms with Crippen LogP contribution in [0, 0.1) is 11.3 Å². The number of aliphatic hydroxyl groups is 1. The van der Waals surface area contributed by atoms with Crippen molar-refractivity contribution in [3.05, 3.63) is 35.6 Å². The van der Waals surface area contributed by atoms with Crippen LogP contribution >= 0.6 is 0 Å². The maximum atomic E-state index is 12.3. The molecule has 0 amide bonds. The fourth-order valence-corrected chi connectivity index (χ4v) is 5.26. The Morgan fingerprint density at radius 3 is 2.53 bits per heavy atom. The van der Waals surface area contributed by atoms with Crippen LogP contribution in [0.1, 0.15) is 66.7 Å². The minimum atomic E-state index is -1.14. The first-order valence-corrected chi connectivity index (χ1v) is 10.8. The highest BCUT2D eigenvalue weighted by molar-refractivity contribution is 5.87.